The smallest absolute Gasteiger partial charge is 0.0459 e. The van der Waals surface area contributed by atoms with E-state index < -0.39 is 0 Å². The second-order valence-corrected chi connectivity index (χ2v) is 3.27. The Labute approximate surface area is 83.4 Å². The number of fused-ring (bicyclic) bond motifs is 1. The Balaban J connectivity index is 2.36. The number of aromatic nitrogens is 1. The van der Waals surface area contributed by atoms with Crippen LogP contribution in [-0.2, 0) is 0 Å². The van der Waals surface area contributed by atoms with Crippen molar-refractivity contribution in [2.24, 2.45) is 5.73 Å². The van der Waals surface area contributed by atoms with Crippen molar-refractivity contribution in [3.8, 4) is 0 Å². The van der Waals surface area contributed by atoms with Gasteiger partial charge in [-0.2, -0.15) is 0 Å². The fourth-order valence-corrected chi connectivity index (χ4v) is 1.56. The first kappa shape index (κ1) is 9.03. The molecule has 0 saturated heterocycles. The van der Waals surface area contributed by atoms with Gasteiger partial charge < -0.3 is 10.7 Å². The van der Waals surface area contributed by atoms with Crippen molar-refractivity contribution in [2.45, 2.75) is 6.42 Å². The molecule has 2 rings (SSSR count). The number of hydrogen-bond donors (Lipinski definition) is 2. The van der Waals surface area contributed by atoms with Crippen molar-refractivity contribution in [3.63, 3.8) is 0 Å². The Hall–Kier alpha value is -1.54. The average molecular weight is 186 g/mol. The molecule has 2 nitrogen and oxygen atoms in total. The van der Waals surface area contributed by atoms with Crippen LogP contribution in [0.15, 0.2) is 36.5 Å². The van der Waals surface area contributed by atoms with E-state index in [2.05, 4.69) is 41.4 Å². The van der Waals surface area contributed by atoms with Crippen LogP contribution < -0.4 is 5.73 Å². The minimum Gasteiger partial charge on any atom is -0.361 e. The highest BCUT2D eigenvalue weighted by molar-refractivity contribution is 5.88. The van der Waals surface area contributed by atoms with Crippen molar-refractivity contribution in [1.82, 2.24) is 4.98 Å². The molecule has 1 heterocycles. The number of benzene rings is 1. The number of rotatable bonds is 3. The molecule has 0 atom stereocenters. The van der Waals surface area contributed by atoms with Gasteiger partial charge in [0.1, 0.15) is 0 Å². The molecule has 0 saturated carbocycles. The summed E-state index contributed by atoms with van der Waals surface area (Å²) in [6, 6.07) is 8.34. The molecule has 0 aliphatic rings. The molecule has 0 aliphatic carbocycles. The van der Waals surface area contributed by atoms with Crippen LogP contribution in [0.25, 0.3) is 17.0 Å². The summed E-state index contributed by atoms with van der Waals surface area (Å²) in [6.07, 6.45) is 7.14. The highest BCUT2D eigenvalue weighted by Gasteiger charge is 1.96. The zero-order chi connectivity index (χ0) is 9.80. The standard InChI is InChI=1S/C12H14N2/c13-8-2-1-4-10-5-3-6-12-11(10)7-9-14-12/h1,3-7,9,14H,2,8,13H2. The second kappa shape index (κ2) is 4.11. The van der Waals surface area contributed by atoms with Crippen LogP contribution in [0.1, 0.15) is 12.0 Å². The van der Waals surface area contributed by atoms with Crippen LogP contribution in [0.4, 0.5) is 0 Å². The van der Waals surface area contributed by atoms with Crippen molar-refractivity contribution < 1.29 is 0 Å². The van der Waals surface area contributed by atoms with Crippen LogP contribution in [-0.4, -0.2) is 11.5 Å². The predicted octanol–water partition coefficient (Wildman–Crippen LogP) is 2.53. The number of H-pyrrole nitrogens is 1. The monoisotopic (exact) mass is 186 g/mol. The molecular formula is C12H14N2. The number of hydrogen-bond acceptors (Lipinski definition) is 1. The van der Waals surface area contributed by atoms with E-state index in [4.69, 9.17) is 5.73 Å². The SMILES string of the molecule is NCCC=Cc1cccc2[nH]ccc12. The van der Waals surface area contributed by atoms with Gasteiger partial charge in [-0.15, -0.1) is 0 Å². The van der Waals surface area contributed by atoms with Crippen molar-refractivity contribution in [2.75, 3.05) is 6.54 Å². The van der Waals surface area contributed by atoms with Crippen molar-refractivity contribution >= 4 is 17.0 Å². The van der Waals surface area contributed by atoms with E-state index in [0.29, 0.717) is 6.54 Å². The van der Waals surface area contributed by atoms with E-state index in [9.17, 15) is 0 Å². The lowest BCUT2D eigenvalue weighted by molar-refractivity contribution is 1.01. The van der Waals surface area contributed by atoms with Crippen LogP contribution in [0.3, 0.4) is 0 Å². The maximum atomic E-state index is 5.43. The van der Waals surface area contributed by atoms with Gasteiger partial charge in [0.05, 0.1) is 0 Å². The first-order valence-corrected chi connectivity index (χ1v) is 4.84. The summed E-state index contributed by atoms with van der Waals surface area (Å²) < 4.78 is 0. The van der Waals surface area contributed by atoms with E-state index in [0.717, 1.165) is 6.42 Å². The van der Waals surface area contributed by atoms with E-state index in [1.165, 1.54) is 16.5 Å². The molecule has 3 N–H and O–H groups in total. The Kier molecular flexibility index (Phi) is 2.65. The molecular weight excluding hydrogens is 172 g/mol. The highest BCUT2D eigenvalue weighted by atomic mass is 14.7. The van der Waals surface area contributed by atoms with Gasteiger partial charge >= 0.3 is 0 Å². The number of aromatic amines is 1. The molecule has 14 heavy (non-hydrogen) atoms. The lowest BCUT2D eigenvalue weighted by Gasteiger charge is -1.95. The third-order valence-electron chi connectivity index (χ3n) is 2.26. The van der Waals surface area contributed by atoms with Gasteiger partial charge in [0.15, 0.2) is 0 Å². The Morgan fingerprint density at radius 3 is 3.07 bits per heavy atom. The molecule has 1 aromatic heterocycles. The lowest BCUT2D eigenvalue weighted by atomic mass is 10.1. The number of nitrogens with one attached hydrogen (secondary N) is 1. The van der Waals surface area contributed by atoms with E-state index in [-0.39, 0.29) is 0 Å². The van der Waals surface area contributed by atoms with Crippen molar-refractivity contribution in [1.29, 1.82) is 0 Å². The molecule has 0 radical (unpaired) electrons. The zero-order valence-electron chi connectivity index (χ0n) is 8.03. The number of nitrogens with two attached hydrogens (primary N) is 1. The van der Waals surface area contributed by atoms with Crippen molar-refractivity contribution in [3.05, 3.63) is 42.1 Å². The highest BCUT2D eigenvalue weighted by Crippen LogP contribution is 2.18. The van der Waals surface area contributed by atoms with E-state index in [1.807, 2.05) is 6.20 Å². The first-order valence-electron chi connectivity index (χ1n) is 4.84. The summed E-state index contributed by atoms with van der Waals surface area (Å²) in [5, 5.41) is 1.26. The third-order valence-corrected chi connectivity index (χ3v) is 2.26. The van der Waals surface area contributed by atoms with Gasteiger partial charge in [-0.1, -0.05) is 24.3 Å². The summed E-state index contributed by atoms with van der Waals surface area (Å²) in [5.74, 6) is 0. The summed E-state index contributed by atoms with van der Waals surface area (Å²) >= 11 is 0. The molecule has 2 aromatic rings. The van der Waals surface area contributed by atoms with E-state index >= 15 is 0 Å². The second-order valence-electron chi connectivity index (χ2n) is 3.27. The molecule has 72 valence electrons. The fraction of sp³-hybridized carbons (Fsp3) is 0.167. The predicted molar refractivity (Wildman–Crippen MR) is 61.0 cm³/mol. The maximum absolute atomic E-state index is 5.43. The van der Waals surface area contributed by atoms with Gasteiger partial charge in [0, 0.05) is 17.1 Å². The summed E-state index contributed by atoms with van der Waals surface area (Å²) in [6.45, 7) is 0.708. The average Bonchev–Trinajstić information content (AvgIpc) is 2.67. The van der Waals surface area contributed by atoms with Crippen LogP contribution in [0, 0.1) is 0 Å². The topological polar surface area (TPSA) is 41.8 Å². The normalized spacial score (nSPS) is 11.5. The van der Waals surface area contributed by atoms with Gasteiger partial charge in [-0.3, -0.25) is 0 Å². The molecule has 0 unspecified atom stereocenters. The summed E-state index contributed by atoms with van der Waals surface area (Å²) in [4.78, 5) is 3.19. The zero-order valence-corrected chi connectivity index (χ0v) is 8.03. The van der Waals surface area contributed by atoms with Crippen LogP contribution >= 0.6 is 0 Å². The lowest BCUT2D eigenvalue weighted by Crippen LogP contribution is -1.94. The molecule has 0 spiro atoms. The van der Waals surface area contributed by atoms with Gasteiger partial charge in [-0.05, 0) is 30.7 Å². The quantitative estimate of drug-likeness (QED) is 0.760. The minimum absolute atomic E-state index is 0.708. The summed E-state index contributed by atoms with van der Waals surface area (Å²) in [5.41, 5.74) is 7.86. The van der Waals surface area contributed by atoms with Gasteiger partial charge in [0.25, 0.3) is 0 Å². The van der Waals surface area contributed by atoms with Crippen LogP contribution in [0.5, 0.6) is 0 Å². The Morgan fingerprint density at radius 2 is 2.21 bits per heavy atom. The molecule has 0 fully saturated rings. The third kappa shape index (κ3) is 1.70. The molecule has 0 amide bonds. The first-order chi connectivity index (χ1) is 6.92. The Morgan fingerprint density at radius 1 is 1.29 bits per heavy atom. The molecule has 1 aromatic carbocycles. The molecule has 2 heteroatoms. The summed E-state index contributed by atoms with van der Waals surface area (Å²) in [7, 11) is 0. The van der Waals surface area contributed by atoms with Crippen LogP contribution in [0.2, 0.25) is 0 Å². The molecule has 0 bridgehead atoms. The molecule has 0 aliphatic heterocycles. The largest absolute Gasteiger partial charge is 0.361 e. The fourth-order valence-electron chi connectivity index (χ4n) is 1.56. The minimum atomic E-state index is 0.708. The van der Waals surface area contributed by atoms with Gasteiger partial charge in [0.2, 0.25) is 0 Å². The van der Waals surface area contributed by atoms with Gasteiger partial charge in [-0.25, -0.2) is 0 Å². The maximum Gasteiger partial charge on any atom is 0.0459 e. The Bertz CT molecular complexity index is 440. The van der Waals surface area contributed by atoms with E-state index in [1.54, 1.807) is 0 Å².